The minimum absolute atomic E-state index is 0.132. The summed E-state index contributed by atoms with van der Waals surface area (Å²) >= 11 is 5.99. The molecule has 7 nitrogen and oxygen atoms in total. The maximum Gasteiger partial charge on any atom is 0.417 e. The number of rotatable bonds is 2. The van der Waals surface area contributed by atoms with Crippen molar-refractivity contribution in [1.82, 2.24) is 14.5 Å². The van der Waals surface area contributed by atoms with Crippen molar-refractivity contribution in [2.24, 2.45) is 0 Å². The van der Waals surface area contributed by atoms with E-state index in [1.54, 1.807) is 43.3 Å². The summed E-state index contributed by atoms with van der Waals surface area (Å²) in [6, 6.07) is 7.77. The Hall–Kier alpha value is -3.72. The van der Waals surface area contributed by atoms with Crippen LogP contribution in [-0.2, 0) is 5.41 Å². The Morgan fingerprint density at radius 2 is 1.78 bits per heavy atom. The van der Waals surface area contributed by atoms with Crippen LogP contribution in [0.2, 0.25) is 5.15 Å². The number of pyridine rings is 1. The number of aromatic nitrogens is 2. The zero-order valence-corrected chi connectivity index (χ0v) is 20.9. The third-order valence-corrected chi connectivity index (χ3v) is 5.69. The lowest BCUT2D eigenvalue weighted by atomic mass is 9.82. The molecule has 1 aliphatic rings. The molecule has 0 spiro atoms. The highest BCUT2D eigenvalue weighted by molar-refractivity contribution is 6.29. The number of fused-ring (bicyclic) bond motifs is 1. The van der Waals surface area contributed by atoms with E-state index in [9.17, 15) is 23.5 Å². The van der Waals surface area contributed by atoms with Gasteiger partial charge in [-0.25, -0.2) is 27.9 Å². The molecule has 10 heteroatoms. The quantitative estimate of drug-likeness (QED) is 0.343. The molecule has 0 atom stereocenters. The molecular weight excluding hydrogens is 492 g/mol. The second-order valence-electron chi connectivity index (χ2n) is 9.19. The van der Waals surface area contributed by atoms with Crippen molar-refractivity contribution in [3.8, 4) is 11.3 Å². The number of aryl methyl sites for hydroxylation is 1. The minimum atomic E-state index is -2.75. The Balaban J connectivity index is 0.000000338. The third-order valence-electron chi connectivity index (χ3n) is 5.48. The second kappa shape index (κ2) is 10.5. The normalized spacial score (nSPS) is 13.2. The van der Waals surface area contributed by atoms with Gasteiger partial charge in [0.2, 0.25) is 0 Å². The SMILES string of the molecule is Cc1ccc(C(F)F)c(-c2c(C(C)(C)C)c3ccc(Cl)nc3n2C(=O)O)c1.O=C(O)N1C=CC=CC1. The number of hydrogen-bond donors (Lipinski definition) is 2. The van der Waals surface area contributed by atoms with Gasteiger partial charge in [-0.3, -0.25) is 4.90 Å². The zero-order chi connectivity index (χ0) is 26.8. The van der Waals surface area contributed by atoms with E-state index in [0.29, 0.717) is 17.5 Å². The highest BCUT2D eigenvalue weighted by Crippen LogP contribution is 2.43. The molecule has 3 heterocycles. The number of alkyl halides is 2. The van der Waals surface area contributed by atoms with Gasteiger partial charge in [0, 0.05) is 29.3 Å². The average molecular weight is 518 g/mol. The van der Waals surface area contributed by atoms with Gasteiger partial charge in [-0.2, -0.15) is 0 Å². The van der Waals surface area contributed by atoms with Crippen LogP contribution in [0.25, 0.3) is 22.3 Å². The standard InChI is InChI=1S/C20H19ClF2N2O2.C6H7NO2/c1-10-5-6-11(17(22)23)13(9-10)16-15(20(2,3)4)12-7-8-14(21)24-18(12)25(16)19(26)27;8-6(9)7-4-2-1-3-5-7/h5-9,17H,1-4H3,(H,26,27);1-4H,5H2,(H,8,9). The molecule has 0 aliphatic carbocycles. The summed E-state index contributed by atoms with van der Waals surface area (Å²) in [5.41, 5.74) is 1.18. The molecule has 0 saturated heterocycles. The Bertz CT molecular complexity index is 1370. The number of halogens is 3. The highest BCUT2D eigenvalue weighted by atomic mass is 35.5. The van der Waals surface area contributed by atoms with Gasteiger partial charge in [0.05, 0.1) is 5.69 Å². The van der Waals surface area contributed by atoms with Crippen molar-refractivity contribution < 1.29 is 28.6 Å². The fourth-order valence-electron chi connectivity index (χ4n) is 4.01. The van der Waals surface area contributed by atoms with Crippen molar-refractivity contribution in [2.75, 3.05) is 6.54 Å². The number of nitrogens with zero attached hydrogens (tertiary/aromatic N) is 3. The van der Waals surface area contributed by atoms with E-state index in [1.165, 1.54) is 17.2 Å². The molecule has 0 bridgehead atoms. The summed E-state index contributed by atoms with van der Waals surface area (Å²) in [4.78, 5) is 27.7. The lowest BCUT2D eigenvalue weighted by molar-refractivity contribution is 0.152. The molecule has 1 aromatic carbocycles. The van der Waals surface area contributed by atoms with Gasteiger partial charge in [-0.1, -0.05) is 62.2 Å². The summed E-state index contributed by atoms with van der Waals surface area (Å²) in [5, 5.41) is 19.0. The molecule has 0 saturated carbocycles. The van der Waals surface area contributed by atoms with Gasteiger partial charge >= 0.3 is 12.2 Å². The molecule has 2 aromatic heterocycles. The number of carboxylic acid groups (broad SMARTS) is 2. The number of allylic oxidation sites excluding steroid dienone is 2. The van der Waals surface area contributed by atoms with Crippen LogP contribution in [0.4, 0.5) is 18.4 Å². The fraction of sp³-hybridized carbons (Fsp3) is 0.269. The Kier molecular flexibility index (Phi) is 7.83. The molecule has 3 aromatic rings. The van der Waals surface area contributed by atoms with Gasteiger partial charge < -0.3 is 10.2 Å². The number of benzene rings is 1. The Morgan fingerprint density at radius 3 is 2.28 bits per heavy atom. The monoisotopic (exact) mass is 517 g/mol. The molecule has 2 N–H and O–H groups in total. The first kappa shape index (κ1) is 26.9. The van der Waals surface area contributed by atoms with Crippen molar-refractivity contribution >= 4 is 34.8 Å². The van der Waals surface area contributed by atoms with Crippen molar-refractivity contribution in [1.29, 1.82) is 0 Å². The average Bonchev–Trinajstić information content (AvgIpc) is 3.14. The van der Waals surface area contributed by atoms with Crippen LogP contribution in [-0.4, -0.2) is 43.4 Å². The maximum absolute atomic E-state index is 13.7. The molecule has 1 aliphatic heterocycles. The van der Waals surface area contributed by atoms with Gasteiger partial charge in [0.15, 0.2) is 5.65 Å². The van der Waals surface area contributed by atoms with E-state index in [2.05, 4.69) is 4.98 Å². The molecule has 1 amide bonds. The van der Waals surface area contributed by atoms with Gasteiger partial charge in [-0.05, 0) is 42.2 Å². The molecule has 0 unspecified atom stereocenters. The van der Waals surface area contributed by atoms with E-state index in [1.807, 2.05) is 26.8 Å². The molecule has 4 rings (SSSR count). The minimum Gasteiger partial charge on any atom is -0.465 e. The lowest BCUT2D eigenvalue weighted by Crippen LogP contribution is -2.24. The van der Waals surface area contributed by atoms with Crippen molar-refractivity contribution in [2.45, 2.75) is 39.5 Å². The van der Waals surface area contributed by atoms with Crippen LogP contribution in [0.3, 0.4) is 0 Å². The maximum atomic E-state index is 13.7. The highest BCUT2D eigenvalue weighted by Gasteiger charge is 2.32. The van der Waals surface area contributed by atoms with Crippen LogP contribution in [0.5, 0.6) is 0 Å². The van der Waals surface area contributed by atoms with E-state index in [0.717, 1.165) is 10.1 Å². The summed E-state index contributed by atoms with van der Waals surface area (Å²) < 4.78 is 28.4. The van der Waals surface area contributed by atoms with E-state index in [4.69, 9.17) is 16.7 Å². The van der Waals surface area contributed by atoms with Crippen LogP contribution in [0, 0.1) is 6.92 Å². The smallest absolute Gasteiger partial charge is 0.417 e. The first-order valence-electron chi connectivity index (χ1n) is 11.0. The first-order chi connectivity index (χ1) is 16.8. The first-order valence-corrected chi connectivity index (χ1v) is 11.4. The Morgan fingerprint density at radius 1 is 1.08 bits per heavy atom. The van der Waals surface area contributed by atoms with Gasteiger partial charge in [-0.15, -0.1) is 0 Å². The largest absolute Gasteiger partial charge is 0.465 e. The summed E-state index contributed by atoms with van der Waals surface area (Å²) in [6.07, 6.45) is 1.87. The molecule has 36 heavy (non-hydrogen) atoms. The number of hydrogen-bond acceptors (Lipinski definition) is 3. The topological polar surface area (TPSA) is 95.7 Å². The van der Waals surface area contributed by atoms with Crippen LogP contribution in [0.1, 0.15) is 43.9 Å². The molecule has 0 fully saturated rings. The fourth-order valence-corrected chi connectivity index (χ4v) is 4.15. The van der Waals surface area contributed by atoms with Gasteiger partial charge in [0.1, 0.15) is 5.15 Å². The molecule has 0 radical (unpaired) electrons. The Labute approximate surface area is 211 Å². The van der Waals surface area contributed by atoms with Crippen molar-refractivity contribution in [3.63, 3.8) is 0 Å². The molecular formula is C26H26ClF2N3O4. The predicted molar refractivity (Wildman–Crippen MR) is 135 cm³/mol. The van der Waals surface area contributed by atoms with E-state index >= 15 is 0 Å². The van der Waals surface area contributed by atoms with Crippen molar-refractivity contribution in [3.05, 3.63) is 76.6 Å². The second-order valence-corrected chi connectivity index (χ2v) is 9.58. The van der Waals surface area contributed by atoms with Crippen LogP contribution < -0.4 is 0 Å². The van der Waals surface area contributed by atoms with Crippen LogP contribution in [0.15, 0.2) is 54.8 Å². The van der Waals surface area contributed by atoms with E-state index < -0.39 is 24.0 Å². The zero-order valence-electron chi connectivity index (χ0n) is 20.2. The summed E-state index contributed by atoms with van der Waals surface area (Å²) in [7, 11) is 0. The number of amides is 1. The van der Waals surface area contributed by atoms with Gasteiger partial charge in [0.25, 0.3) is 6.43 Å². The predicted octanol–water partition coefficient (Wildman–Crippen LogP) is 7.48. The number of carbonyl (C=O) groups is 2. The third kappa shape index (κ3) is 5.57. The molecule has 190 valence electrons. The van der Waals surface area contributed by atoms with Crippen LogP contribution >= 0.6 is 11.6 Å². The summed E-state index contributed by atoms with van der Waals surface area (Å²) in [6.45, 7) is 7.96. The van der Waals surface area contributed by atoms with E-state index in [-0.39, 0.29) is 27.6 Å². The lowest BCUT2D eigenvalue weighted by Gasteiger charge is -2.22. The summed E-state index contributed by atoms with van der Waals surface area (Å²) in [5.74, 6) is 0.